The van der Waals surface area contributed by atoms with Gasteiger partial charge in [-0.15, -0.1) is 16.4 Å². The highest BCUT2D eigenvalue weighted by Crippen LogP contribution is 2.36. The van der Waals surface area contributed by atoms with Crippen molar-refractivity contribution in [3.8, 4) is 16.8 Å². The Kier molecular flexibility index (Phi) is 3.78. The van der Waals surface area contributed by atoms with E-state index in [1.54, 1.807) is 47.2 Å². The summed E-state index contributed by atoms with van der Waals surface area (Å²) in [6, 6.07) is 12.5. The van der Waals surface area contributed by atoms with Gasteiger partial charge in [-0.3, -0.25) is 4.79 Å². The highest BCUT2D eigenvalue weighted by Gasteiger charge is 2.33. The minimum atomic E-state index is -0.525. The number of anilines is 1. The number of primary amides is 1. The van der Waals surface area contributed by atoms with Crippen LogP contribution in [0.2, 0.25) is 0 Å². The molecule has 3 N–H and O–H groups in total. The van der Waals surface area contributed by atoms with Crippen LogP contribution in [-0.2, 0) is 4.79 Å². The fraction of sp³-hybridized carbons (Fsp3) is 0.111. The standard InChI is InChI=1S/C18H14N6OS/c1-10-14(16(20)25)15(12-6-4-11(9-19)5-7-12)24-18(21-10)22-17(23-24)13-3-2-8-26-13/h2-8,15H,1H3,(H2,20,25)(H,21,22,23)/t15-/m0/s1. The highest BCUT2D eigenvalue weighted by atomic mass is 32.1. The number of carbonyl (C=O) groups excluding carboxylic acids is 1. The van der Waals surface area contributed by atoms with E-state index in [-0.39, 0.29) is 0 Å². The lowest BCUT2D eigenvalue weighted by atomic mass is 9.95. The zero-order valence-corrected chi connectivity index (χ0v) is 14.6. The van der Waals surface area contributed by atoms with Gasteiger partial charge in [0.1, 0.15) is 6.04 Å². The van der Waals surface area contributed by atoms with Gasteiger partial charge in [0.25, 0.3) is 0 Å². The van der Waals surface area contributed by atoms with Gasteiger partial charge in [0.05, 0.1) is 22.1 Å². The summed E-state index contributed by atoms with van der Waals surface area (Å²) in [7, 11) is 0. The van der Waals surface area contributed by atoms with Gasteiger partial charge in [0.15, 0.2) is 5.82 Å². The van der Waals surface area contributed by atoms with Crippen LogP contribution in [0.25, 0.3) is 10.7 Å². The second-order valence-electron chi connectivity index (χ2n) is 5.85. The molecular weight excluding hydrogens is 348 g/mol. The number of aromatic nitrogens is 3. The number of nitrogens with two attached hydrogens (primary N) is 1. The predicted octanol–water partition coefficient (Wildman–Crippen LogP) is 2.65. The Hall–Kier alpha value is -3.44. The molecule has 1 aliphatic rings. The van der Waals surface area contributed by atoms with Crippen molar-refractivity contribution >= 4 is 23.2 Å². The minimum absolute atomic E-state index is 0.421. The first kappa shape index (κ1) is 16.1. The van der Waals surface area contributed by atoms with Crippen molar-refractivity contribution in [3.05, 3.63) is 64.2 Å². The number of hydrogen-bond donors (Lipinski definition) is 2. The molecule has 0 fully saturated rings. The van der Waals surface area contributed by atoms with E-state index in [9.17, 15) is 4.79 Å². The summed E-state index contributed by atoms with van der Waals surface area (Å²) in [5.41, 5.74) is 8.07. The lowest BCUT2D eigenvalue weighted by Gasteiger charge is -2.27. The molecule has 1 aliphatic heterocycles. The molecule has 0 saturated carbocycles. The van der Waals surface area contributed by atoms with Crippen LogP contribution in [0, 0.1) is 11.3 Å². The summed E-state index contributed by atoms with van der Waals surface area (Å²) >= 11 is 1.54. The fourth-order valence-electron chi connectivity index (χ4n) is 3.03. The Morgan fingerprint density at radius 3 is 2.73 bits per heavy atom. The maximum atomic E-state index is 12.1. The van der Waals surface area contributed by atoms with Gasteiger partial charge in [-0.05, 0) is 36.1 Å². The van der Waals surface area contributed by atoms with Crippen LogP contribution in [0.4, 0.5) is 5.95 Å². The first-order valence-electron chi connectivity index (χ1n) is 7.86. The molecule has 0 radical (unpaired) electrons. The molecule has 128 valence electrons. The molecule has 4 rings (SSSR count). The molecule has 8 heteroatoms. The number of amides is 1. The van der Waals surface area contributed by atoms with E-state index in [1.165, 1.54) is 0 Å². The first-order valence-corrected chi connectivity index (χ1v) is 8.74. The largest absolute Gasteiger partial charge is 0.366 e. The van der Waals surface area contributed by atoms with Crippen LogP contribution in [0.1, 0.15) is 24.1 Å². The van der Waals surface area contributed by atoms with E-state index in [0.717, 1.165) is 10.4 Å². The molecule has 0 bridgehead atoms. The molecule has 0 unspecified atom stereocenters. The summed E-state index contributed by atoms with van der Waals surface area (Å²) in [6.07, 6.45) is 0. The first-order chi connectivity index (χ1) is 12.6. The van der Waals surface area contributed by atoms with Gasteiger partial charge >= 0.3 is 0 Å². The lowest BCUT2D eigenvalue weighted by molar-refractivity contribution is -0.115. The summed E-state index contributed by atoms with van der Waals surface area (Å²) in [6.45, 7) is 1.79. The SMILES string of the molecule is CC1=C(C(N)=O)[C@H](c2ccc(C#N)cc2)n2nc(-c3cccs3)nc2N1. The quantitative estimate of drug-likeness (QED) is 0.744. The zero-order chi connectivity index (χ0) is 18.3. The van der Waals surface area contributed by atoms with Gasteiger partial charge in [0.2, 0.25) is 11.9 Å². The Morgan fingerprint density at radius 2 is 2.12 bits per heavy atom. The zero-order valence-electron chi connectivity index (χ0n) is 13.8. The molecule has 1 aromatic carbocycles. The average Bonchev–Trinajstić information content (AvgIpc) is 3.29. The monoisotopic (exact) mass is 362 g/mol. The minimum Gasteiger partial charge on any atom is -0.366 e. The third-order valence-electron chi connectivity index (χ3n) is 4.22. The molecule has 0 aliphatic carbocycles. The number of allylic oxidation sites excluding steroid dienone is 1. The van der Waals surface area contributed by atoms with Gasteiger partial charge < -0.3 is 11.1 Å². The van der Waals surface area contributed by atoms with Crippen molar-refractivity contribution in [2.24, 2.45) is 5.73 Å². The number of benzene rings is 1. The number of nitriles is 1. The van der Waals surface area contributed by atoms with Crippen molar-refractivity contribution in [2.45, 2.75) is 13.0 Å². The van der Waals surface area contributed by atoms with E-state index in [2.05, 4.69) is 21.5 Å². The van der Waals surface area contributed by atoms with Crippen LogP contribution >= 0.6 is 11.3 Å². The fourth-order valence-corrected chi connectivity index (χ4v) is 3.68. The number of nitrogens with zero attached hydrogens (tertiary/aromatic N) is 4. The molecular formula is C18H14N6OS. The number of nitrogens with one attached hydrogen (secondary N) is 1. The summed E-state index contributed by atoms with van der Waals surface area (Å²) in [5.74, 6) is 0.605. The van der Waals surface area contributed by atoms with Crippen LogP contribution in [0.15, 0.2) is 53.0 Å². The van der Waals surface area contributed by atoms with Gasteiger partial charge in [-0.2, -0.15) is 10.2 Å². The Balaban J connectivity index is 1.88. The van der Waals surface area contributed by atoms with Crippen molar-refractivity contribution in [1.82, 2.24) is 14.8 Å². The predicted molar refractivity (Wildman–Crippen MR) is 98.1 cm³/mol. The van der Waals surface area contributed by atoms with E-state index >= 15 is 0 Å². The third kappa shape index (κ3) is 2.55. The topological polar surface area (TPSA) is 110 Å². The van der Waals surface area contributed by atoms with E-state index in [0.29, 0.717) is 28.6 Å². The van der Waals surface area contributed by atoms with E-state index < -0.39 is 11.9 Å². The van der Waals surface area contributed by atoms with E-state index in [1.807, 2.05) is 17.5 Å². The molecule has 7 nitrogen and oxygen atoms in total. The summed E-state index contributed by atoms with van der Waals surface area (Å²) in [5, 5.41) is 18.7. The molecule has 26 heavy (non-hydrogen) atoms. The van der Waals surface area contributed by atoms with Crippen LogP contribution in [0.3, 0.4) is 0 Å². The van der Waals surface area contributed by atoms with Crippen molar-refractivity contribution in [1.29, 1.82) is 5.26 Å². The second-order valence-corrected chi connectivity index (χ2v) is 6.79. The number of thiophene rings is 1. The Bertz CT molecular complexity index is 1060. The van der Waals surface area contributed by atoms with Gasteiger partial charge in [-0.1, -0.05) is 18.2 Å². The highest BCUT2D eigenvalue weighted by molar-refractivity contribution is 7.13. The Morgan fingerprint density at radius 1 is 1.35 bits per heavy atom. The molecule has 3 aromatic rings. The maximum absolute atomic E-state index is 12.1. The van der Waals surface area contributed by atoms with Crippen LogP contribution in [-0.4, -0.2) is 20.7 Å². The van der Waals surface area contributed by atoms with Crippen molar-refractivity contribution < 1.29 is 4.79 Å². The van der Waals surface area contributed by atoms with Gasteiger partial charge in [-0.25, -0.2) is 4.68 Å². The molecule has 0 spiro atoms. The summed E-state index contributed by atoms with van der Waals surface area (Å²) < 4.78 is 1.67. The second kappa shape index (κ2) is 6.13. The molecule has 2 aromatic heterocycles. The molecule has 3 heterocycles. The van der Waals surface area contributed by atoms with Gasteiger partial charge in [0, 0.05) is 5.70 Å². The van der Waals surface area contributed by atoms with Crippen LogP contribution < -0.4 is 11.1 Å². The molecule has 0 saturated heterocycles. The molecule has 1 atom stereocenters. The lowest BCUT2D eigenvalue weighted by Crippen LogP contribution is -2.31. The Labute approximate surface area is 153 Å². The third-order valence-corrected chi connectivity index (χ3v) is 5.08. The number of fused-ring (bicyclic) bond motifs is 1. The number of carbonyl (C=O) groups is 1. The summed E-state index contributed by atoms with van der Waals surface area (Å²) in [4.78, 5) is 17.6. The number of hydrogen-bond acceptors (Lipinski definition) is 6. The van der Waals surface area contributed by atoms with Crippen molar-refractivity contribution in [2.75, 3.05) is 5.32 Å². The van der Waals surface area contributed by atoms with E-state index in [4.69, 9.17) is 11.0 Å². The smallest absolute Gasteiger partial charge is 0.248 e. The number of rotatable bonds is 3. The maximum Gasteiger partial charge on any atom is 0.248 e. The normalized spacial score (nSPS) is 15.9. The van der Waals surface area contributed by atoms with Crippen LogP contribution in [0.5, 0.6) is 0 Å². The molecule has 1 amide bonds. The average molecular weight is 362 g/mol. The van der Waals surface area contributed by atoms with Crippen molar-refractivity contribution in [3.63, 3.8) is 0 Å².